The molecule has 1 aliphatic carbocycles. The maximum Gasteiger partial charge on any atom is 0.270 e. The number of benzene rings is 1. The molecule has 1 aromatic carbocycles. The fourth-order valence-electron chi connectivity index (χ4n) is 3.10. The quantitative estimate of drug-likeness (QED) is 0.902. The molecule has 2 N–H and O–H groups in total. The number of carbonyl (C=O) groups is 1. The van der Waals surface area contributed by atoms with E-state index in [2.05, 4.69) is 4.98 Å². The molecule has 20 heavy (non-hydrogen) atoms. The number of rotatable bonds is 3. The number of aromatic amines is 1. The lowest BCUT2D eigenvalue weighted by Crippen LogP contribution is -2.42. The van der Waals surface area contributed by atoms with Gasteiger partial charge in [-0.3, -0.25) is 4.79 Å². The second-order valence-corrected chi connectivity index (χ2v) is 5.86. The smallest absolute Gasteiger partial charge is 0.270 e. The topological polar surface area (TPSA) is 56.3 Å². The largest absolute Gasteiger partial charge is 0.388 e. The summed E-state index contributed by atoms with van der Waals surface area (Å²) < 4.78 is 0. The van der Waals surface area contributed by atoms with Crippen molar-refractivity contribution in [3.63, 3.8) is 0 Å². The van der Waals surface area contributed by atoms with Crippen LogP contribution in [0, 0.1) is 0 Å². The van der Waals surface area contributed by atoms with Gasteiger partial charge in [0, 0.05) is 24.5 Å². The molecule has 0 atom stereocenters. The van der Waals surface area contributed by atoms with Crippen LogP contribution in [-0.2, 0) is 0 Å². The standard InChI is InChI=1S/C16H20N2O2/c1-18(11-16(20)8-4-5-9-16)15(19)14-10-12-6-2-3-7-13(12)17-14/h2-3,6-7,10,17,20H,4-5,8-9,11H2,1H3. The average Bonchev–Trinajstić information content (AvgIpc) is 3.03. The van der Waals surface area contributed by atoms with Crippen LogP contribution in [0.3, 0.4) is 0 Å². The van der Waals surface area contributed by atoms with Crippen molar-refractivity contribution < 1.29 is 9.90 Å². The van der Waals surface area contributed by atoms with Gasteiger partial charge >= 0.3 is 0 Å². The summed E-state index contributed by atoms with van der Waals surface area (Å²) in [6, 6.07) is 9.70. The number of para-hydroxylation sites is 1. The van der Waals surface area contributed by atoms with Crippen LogP contribution in [0.2, 0.25) is 0 Å². The Morgan fingerprint density at radius 2 is 2.05 bits per heavy atom. The van der Waals surface area contributed by atoms with Gasteiger partial charge in [-0.05, 0) is 25.0 Å². The summed E-state index contributed by atoms with van der Waals surface area (Å²) in [6.45, 7) is 0.404. The minimum Gasteiger partial charge on any atom is -0.388 e. The summed E-state index contributed by atoms with van der Waals surface area (Å²) in [7, 11) is 1.75. The van der Waals surface area contributed by atoms with Crippen LogP contribution < -0.4 is 0 Å². The number of carbonyl (C=O) groups excluding carboxylic acids is 1. The van der Waals surface area contributed by atoms with E-state index in [0.29, 0.717) is 12.2 Å². The third-order valence-corrected chi connectivity index (χ3v) is 4.17. The highest BCUT2D eigenvalue weighted by Gasteiger charge is 2.33. The van der Waals surface area contributed by atoms with E-state index in [1.54, 1.807) is 11.9 Å². The highest BCUT2D eigenvalue weighted by molar-refractivity contribution is 5.97. The van der Waals surface area contributed by atoms with Crippen molar-refractivity contribution in [2.24, 2.45) is 0 Å². The maximum absolute atomic E-state index is 12.4. The van der Waals surface area contributed by atoms with Crippen molar-refractivity contribution >= 4 is 16.8 Å². The first-order valence-corrected chi connectivity index (χ1v) is 7.13. The number of H-pyrrole nitrogens is 1. The fourth-order valence-corrected chi connectivity index (χ4v) is 3.10. The number of aliphatic hydroxyl groups is 1. The zero-order valence-corrected chi connectivity index (χ0v) is 11.7. The van der Waals surface area contributed by atoms with Gasteiger partial charge in [-0.2, -0.15) is 0 Å². The summed E-state index contributed by atoms with van der Waals surface area (Å²) >= 11 is 0. The van der Waals surface area contributed by atoms with Crippen LogP contribution in [-0.4, -0.2) is 40.1 Å². The molecule has 1 saturated carbocycles. The van der Waals surface area contributed by atoms with E-state index in [4.69, 9.17) is 0 Å². The van der Waals surface area contributed by atoms with E-state index in [1.165, 1.54) is 0 Å². The molecule has 4 nitrogen and oxygen atoms in total. The second kappa shape index (κ2) is 4.94. The Balaban J connectivity index is 1.77. The van der Waals surface area contributed by atoms with E-state index >= 15 is 0 Å². The molecule has 0 unspecified atom stereocenters. The Bertz CT molecular complexity index is 593. The van der Waals surface area contributed by atoms with Gasteiger partial charge in [-0.25, -0.2) is 0 Å². The van der Waals surface area contributed by atoms with Crippen molar-refractivity contribution in [3.05, 3.63) is 36.0 Å². The highest BCUT2D eigenvalue weighted by Crippen LogP contribution is 2.30. The highest BCUT2D eigenvalue weighted by atomic mass is 16.3. The third kappa shape index (κ3) is 2.43. The number of hydrogen-bond donors (Lipinski definition) is 2. The molecule has 0 bridgehead atoms. The molecule has 1 aliphatic rings. The number of aromatic nitrogens is 1. The fraction of sp³-hybridized carbons (Fsp3) is 0.438. The van der Waals surface area contributed by atoms with Crippen LogP contribution in [0.5, 0.6) is 0 Å². The van der Waals surface area contributed by atoms with Gasteiger partial charge in [-0.1, -0.05) is 31.0 Å². The molecule has 1 aromatic heterocycles. The number of hydrogen-bond acceptors (Lipinski definition) is 2. The van der Waals surface area contributed by atoms with E-state index in [-0.39, 0.29) is 5.91 Å². The Labute approximate surface area is 118 Å². The first-order chi connectivity index (χ1) is 9.57. The normalized spacial score (nSPS) is 17.5. The molecule has 106 valence electrons. The Morgan fingerprint density at radius 3 is 2.75 bits per heavy atom. The molecule has 3 rings (SSSR count). The average molecular weight is 272 g/mol. The number of nitrogens with zero attached hydrogens (tertiary/aromatic N) is 1. The van der Waals surface area contributed by atoms with E-state index in [9.17, 15) is 9.90 Å². The molecule has 1 heterocycles. The lowest BCUT2D eigenvalue weighted by molar-refractivity contribution is 0.0155. The molecule has 0 aliphatic heterocycles. The van der Waals surface area contributed by atoms with Crippen LogP contribution >= 0.6 is 0 Å². The maximum atomic E-state index is 12.4. The Morgan fingerprint density at radius 1 is 1.35 bits per heavy atom. The molecule has 2 aromatic rings. The van der Waals surface area contributed by atoms with Gasteiger partial charge in [0.15, 0.2) is 0 Å². The first-order valence-electron chi connectivity index (χ1n) is 7.13. The second-order valence-electron chi connectivity index (χ2n) is 5.86. The van der Waals surface area contributed by atoms with E-state index in [0.717, 1.165) is 36.6 Å². The molecular weight excluding hydrogens is 252 g/mol. The van der Waals surface area contributed by atoms with Crippen LogP contribution in [0.25, 0.3) is 10.9 Å². The minimum atomic E-state index is -0.698. The zero-order chi connectivity index (χ0) is 14.2. The molecule has 0 spiro atoms. The van der Waals surface area contributed by atoms with Gasteiger partial charge in [0.2, 0.25) is 0 Å². The van der Waals surface area contributed by atoms with Crippen LogP contribution in [0.4, 0.5) is 0 Å². The predicted molar refractivity (Wildman–Crippen MR) is 78.7 cm³/mol. The summed E-state index contributed by atoms with van der Waals surface area (Å²) in [5.74, 6) is -0.0680. The monoisotopic (exact) mass is 272 g/mol. The third-order valence-electron chi connectivity index (χ3n) is 4.17. The lowest BCUT2D eigenvalue weighted by Gasteiger charge is -2.28. The number of likely N-dealkylation sites (N-methyl/N-ethyl adjacent to an activating group) is 1. The SMILES string of the molecule is CN(CC1(O)CCCC1)C(=O)c1cc2ccccc2[nH]1. The summed E-state index contributed by atoms with van der Waals surface area (Å²) in [5, 5.41) is 11.4. The van der Waals surface area contributed by atoms with Crippen molar-refractivity contribution in [3.8, 4) is 0 Å². The molecule has 1 fully saturated rings. The van der Waals surface area contributed by atoms with Gasteiger partial charge in [0.05, 0.1) is 5.60 Å². The van der Waals surface area contributed by atoms with Crippen molar-refractivity contribution in [2.75, 3.05) is 13.6 Å². The number of amides is 1. The zero-order valence-electron chi connectivity index (χ0n) is 11.7. The lowest BCUT2D eigenvalue weighted by atomic mass is 10.0. The Kier molecular flexibility index (Phi) is 3.26. The van der Waals surface area contributed by atoms with Crippen LogP contribution in [0.1, 0.15) is 36.2 Å². The van der Waals surface area contributed by atoms with Gasteiger partial charge in [0.25, 0.3) is 5.91 Å². The van der Waals surface area contributed by atoms with Gasteiger partial charge in [0.1, 0.15) is 5.69 Å². The molecular formula is C16H20N2O2. The number of nitrogens with one attached hydrogen (secondary N) is 1. The van der Waals surface area contributed by atoms with Crippen molar-refractivity contribution in [1.29, 1.82) is 0 Å². The number of fused-ring (bicyclic) bond motifs is 1. The Hall–Kier alpha value is -1.81. The molecule has 0 saturated heterocycles. The minimum absolute atomic E-state index is 0.0680. The van der Waals surface area contributed by atoms with Gasteiger partial charge < -0.3 is 15.0 Å². The van der Waals surface area contributed by atoms with Crippen molar-refractivity contribution in [1.82, 2.24) is 9.88 Å². The van der Waals surface area contributed by atoms with Crippen molar-refractivity contribution in [2.45, 2.75) is 31.3 Å². The molecule has 1 amide bonds. The summed E-state index contributed by atoms with van der Waals surface area (Å²) in [6.07, 6.45) is 3.67. The predicted octanol–water partition coefficient (Wildman–Crippen LogP) is 2.54. The summed E-state index contributed by atoms with van der Waals surface area (Å²) in [5.41, 5.74) is 0.843. The molecule has 0 radical (unpaired) electrons. The molecule has 4 heteroatoms. The van der Waals surface area contributed by atoms with Crippen LogP contribution in [0.15, 0.2) is 30.3 Å². The first kappa shape index (κ1) is 13.2. The van der Waals surface area contributed by atoms with E-state index in [1.807, 2.05) is 30.3 Å². The summed E-state index contributed by atoms with van der Waals surface area (Å²) in [4.78, 5) is 17.2. The van der Waals surface area contributed by atoms with E-state index < -0.39 is 5.60 Å². The van der Waals surface area contributed by atoms with Gasteiger partial charge in [-0.15, -0.1) is 0 Å².